The summed E-state index contributed by atoms with van der Waals surface area (Å²) >= 11 is 0. The summed E-state index contributed by atoms with van der Waals surface area (Å²) < 4.78 is 5.38. The van der Waals surface area contributed by atoms with Crippen molar-refractivity contribution >= 4 is 17.5 Å². The largest absolute Gasteiger partial charge is 0.496 e. The number of ether oxygens (including phenoxy) is 1. The molecular weight excluding hydrogens is 328 g/mol. The van der Waals surface area contributed by atoms with Gasteiger partial charge >= 0.3 is 0 Å². The lowest BCUT2D eigenvalue weighted by molar-refractivity contribution is -0.116. The summed E-state index contributed by atoms with van der Waals surface area (Å²) in [5.41, 5.74) is 4.84. The number of amides is 2. The first-order valence-corrected chi connectivity index (χ1v) is 8.82. The quantitative estimate of drug-likeness (QED) is 0.900. The molecule has 0 atom stereocenters. The number of anilines is 1. The number of methoxy groups -OCH3 is 1. The first-order chi connectivity index (χ1) is 12.5. The Morgan fingerprint density at radius 1 is 1.19 bits per heavy atom. The zero-order valence-corrected chi connectivity index (χ0v) is 15.5. The Morgan fingerprint density at radius 3 is 2.73 bits per heavy atom. The van der Waals surface area contributed by atoms with Crippen molar-refractivity contribution in [2.24, 2.45) is 0 Å². The van der Waals surface area contributed by atoms with Crippen molar-refractivity contribution < 1.29 is 14.3 Å². The van der Waals surface area contributed by atoms with Crippen LogP contribution in [0.2, 0.25) is 0 Å². The second-order valence-electron chi connectivity index (χ2n) is 6.59. The van der Waals surface area contributed by atoms with E-state index in [9.17, 15) is 9.59 Å². The molecule has 1 aliphatic heterocycles. The zero-order chi connectivity index (χ0) is 18.7. The number of carbonyl (C=O) groups excluding carboxylic acids is 2. The van der Waals surface area contributed by atoms with E-state index in [1.165, 1.54) is 5.56 Å². The van der Waals surface area contributed by atoms with Gasteiger partial charge in [0.2, 0.25) is 5.91 Å². The zero-order valence-electron chi connectivity index (χ0n) is 15.5. The average molecular weight is 352 g/mol. The van der Waals surface area contributed by atoms with Gasteiger partial charge in [0.05, 0.1) is 7.11 Å². The van der Waals surface area contributed by atoms with Gasteiger partial charge in [0, 0.05) is 31.3 Å². The first-order valence-electron chi connectivity index (χ1n) is 8.82. The fourth-order valence-corrected chi connectivity index (χ4v) is 3.39. The number of nitrogens with zero attached hydrogens (tertiary/aromatic N) is 1. The molecule has 0 fully saturated rings. The molecule has 2 aromatic rings. The molecule has 2 aromatic carbocycles. The van der Waals surface area contributed by atoms with Crippen molar-refractivity contribution in [3.8, 4) is 5.75 Å². The molecule has 0 aliphatic carbocycles. The van der Waals surface area contributed by atoms with Crippen LogP contribution in [0.1, 0.15) is 34.0 Å². The molecule has 0 aromatic heterocycles. The van der Waals surface area contributed by atoms with Crippen LogP contribution in [0.15, 0.2) is 36.4 Å². The van der Waals surface area contributed by atoms with Crippen LogP contribution in [0, 0.1) is 6.92 Å². The monoisotopic (exact) mass is 352 g/mol. The third-order valence-corrected chi connectivity index (χ3v) is 4.73. The molecule has 1 heterocycles. The van der Waals surface area contributed by atoms with E-state index in [2.05, 4.69) is 11.4 Å². The number of benzene rings is 2. The van der Waals surface area contributed by atoms with Crippen LogP contribution in [0.4, 0.5) is 5.69 Å². The minimum absolute atomic E-state index is 0.0352. The molecule has 0 radical (unpaired) electrons. The van der Waals surface area contributed by atoms with Gasteiger partial charge in [0.15, 0.2) is 0 Å². The number of hydrogen-bond acceptors (Lipinski definition) is 3. The molecule has 136 valence electrons. The van der Waals surface area contributed by atoms with E-state index < -0.39 is 0 Å². The topological polar surface area (TPSA) is 58.6 Å². The lowest BCUT2D eigenvalue weighted by Crippen LogP contribution is -2.26. The van der Waals surface area contributed by atoms with E-state index in [1.807, 2.05) is 31.2 Å². The number of hydrogen-bond donors (Lipinski definition) is 1. The standard InChI is InChI=1S/C21H24N2O3/c1-14-4-7-20(26-3)17(12-14)8-10-22-21(25)18-5-6-19-16(13-18)9-11-23(19)15(2)24/h4-7,12-13H,8-11H2,1-3H3,(H,22,25). The Kier molecular flexibility index (Phi) is 5.26. The third-order valence-electron chi connectivity index (χ3n) is 4.73. The lowest BCUT2D eigenvalue weighted by atomic mass is 10.1. The van der Waals surface area contributed by atoms with E-state index in [-0.39, 0.29) is 11.8 Å². The third kappa shape index (κ3) is 3.72. The van der Waals surface area contributed by atoms with Gasteiger partial charge in [-0.3, -0.25) is 9.59 Å². The van der Waals surface area contributed by atoms with Gasteiger partial charge in [-0.1, -0.05) is 17.7 Å². The first kappa shape index (κ1) is 18.0. The van der Waals surface area contributed by atoms with Crippen LogP contribution in [0.5, 0.6) is 5.75 Å². The van der Waals surface area contributed by atoms with E-state index >= 15 is 0 Å². The predicted octanol–water partition coefficient (Wildman–Crippen LogP) is 2.89. The number of fused-ring (bicyclic) bond motifs is 1. The molecule has 0 saturated carbocycles. The highest BCUT2D eigenvalue weighted by Crippen LogP contribution is 2.29. The van der Waals surface area contributed by atoms with Crippen molar-refractivity contribution in [2.45, 2.75) is 26.7 Å². The number of rotatable bonds is 5. The van der Waals surface area contributed by atoms with Crippen LogP contribution in [0.25, 0.3) is 0 Å². The van der Waals surface area contributed by atoms with Crippen molar-refractivity contribution in [1.82, 2.24) is 5.32 Å². The summed E-state index contributed by atoms with van der Waals surface area (Å²) in [6.45, 7) is 4.82. The lowest BCUT2D eigenvalue weighted by Gasteiger charge is -2.15. The molecule has 5 nitrogen and oxygen atoms in total. The number of carbonyl (C=O) groups is 2. The van der Waals surface area contributed by atoms with Crippen LogP contribution >= 0.6 is 0 Å². The minimum atomic E-state index is -0.0966. The van der Waals surface area contributed by atoms with Gasteiger partial charge in [-0.2, -0.15) is 0 Å². The number of nitrogens with one attached hydrogen (secondary N) is 1. The molecule has 3 rings (SSSR count). The van der Waals surface area contributed by atoms with Crippen LogP contribution in [-0.2, 0) is 17.6 Å². The fourth-order valence-electron chi connectivity index (χ4n) is 3.39. The van der Waals surface area contributed by atoms with E-state index in [4.69, 9.17) is 4.74 Å². The van der Waals surface area contributed by atoms with Crippen molar-refractivity contribution in [3.05, 3.63) is 58.7 Å². The Hall–Kier alpha value is -2.82. The maximum absolute atomic E-state index is 12.4. The molecule has 5 heteroatoms. The van der Waals surface area contributed by atoms with Crippen molar-refractivity contribution in [1.29, 1.82) is 0 Å². The Bertz CT molecular complexity index is 845. The van der Waals surface area contributed by atoms with Crippen molar-refractivity contribution in [3.63, 3.8) is 0 Å². The molecule has 0 bridgehead atoms. The Morgan fingerprint density at radius 2 is 2.00 bits per heavy atom. The SMILES string of the molecule is COc1ccc(C)cc1CCNC(=O)c1ccc2c(c1)CCN2C(C)=O. The van der Waals surface area contributed by atoms with Crippen LogP contribution in [-0.4, -0.2) is 32.0 Å². The highest BCUT2D eigenvalue weighted by molar-refractivity contribution is 5.97. The second kappa shape index (κ2) is 7.60. The average Bonchev–Trinajstić information content (AvgIpc) is 3.05. The van der Waals surface area contributed by atoms with Gasteiger partial charge in [0.25, 0.3) is 5.91 Å². The van der Waals surface area contributed by atoms with Crippen molar-refractivity contribution in [2.75, 3.05) is 25.1 Å². The molecule has 0 spiro atoms. The molecular formula is C21H24N2O3. The van der Waals surface area contributed by atoms with E-state index in [0.717, 1.165) is 29.0 Å². The van der Waals surface area contributed by atoms with Gasteiger partial charge in [-0.25, -0.2) is 0 Å². The maximum Gasteiger partial charge on any atom is 0.251 e. The molecule has 1 aliphatic rings. The van der Waals surface area contributed by atoms with Gasteiger partial charge in [-0.05, 0) is 55.2 Å². The van der Waals surface area contributed by atoms with Gasteiger partial charge in [0.1, 0.15) is 5.75 Å². The summed E-state index contributed by atoms with van der Waals surface area (Å²) in [5.74, 6) is 0.778. The summed E-state index contributed by atoms with van der Waals surface area (Å²) in [4.78, 5) is 25.8. The van der Waals surface area contributed by atoms with Crippen LogP contribution < -0.4 is 15.0 Å². The van der Waals surface area contributed by atoms with Gasteiger partial charge < -0.3 is 15.0 Å². The smallest absolute Gasteiger partial charge is 0.251 e. The summed E-state index contributed by atoms with van der Waals surface area (Å²) in [7, 11) is 1.65. The van der Waals surface area contributed by atoms with E-state index in [1.54, 1.807) is 25.0 Å². The second-order valence-corrected chi connectivity index (χ2v) is 6.59. The maximum atomic E-state index is 12.4. The molecule has 0 unspecified atom stereocenters. The summed E-state index contributed by atoms with van der Waals surface area (Å²) in [6, 6.07) is 11.6. The number of aryl methyl sites for hydroxylation is 1. The van der Waals surface area contributed by atoms with Gasteiger partial charge in [-0.15, -0.1) is 0 Å². The minimum Gasteiger partial charge on any atom is -0.496 e. The molecule has 2 amide bonds. The fraction of sp³-hybridized carbons (Fsp3) is 0.333. The van der Waals surface area contributed by atoms with E-state index in [0.29, 0.717) is 25.1 Å². The van der Waals surface area contributed by atoms with Crippen LogP contribution in [0.3, 0.4) is 0 Å². The molecule has 26 heavy (non-hydrogen) atoms. The highest BCUT2D eigenvalue weighted by Gasteiger charge is 2.23. The Balaban J connectivity index is 1.63. The normalized spacial score (nSPS) is 12.7. The highest BCUT2D eigenvalue weighted by atomic mass is 16.5. The summed E-state index contributed by atoms with van der Waals surface area (Å²) in [6.07, 6.45) is 1.50. The summed E-state index contributed by atoms with van der Waals surface area (Å²) in [5, 5.41) is 2.97. The molecule has 1 N–H and O–H groups in total. The predicted molar refractivity (Wildman–Crippen MR) is 102 cm³/mol. The molecule has 0 saturated heterocycles. The Labute approximate surface area is 154 Å².